The number of hydrogen-bond donors (Lipinski definition) is 1. The molecule has 3 rings (SSSR count). The van der Waals surface area contributed by atoms with Gasteiger partial charge in [0.25, 0.3) is 5.91 Å². The lowest BCUT2D eigenvalue weighted by molar-refractivity contribution is 0.0706. The number of carbonyl (C=O) groups is 1. The summed E-state index contributed by atoms with van der Waals surface area (Å²) < 4.78 is 13.8. The van der Waals surface area contributed by atoms with E-state index in [0.29, 0.717) is 18.1 Å². The van der Waals surface area contributed by atoms with E-state index in [1.165, 1.54) is 18.2 Å². The summed E-state index contributed by atoms with van der Waals surface area (Å²) in [4.78, 5) is 18.6. The average Bonchev–Trinajstić information content (AvgIpc) is 3.06. The number of aromatic amines is 1. The first-order valence-corrected chi connectivity index (χ1v) is 8.11. The largest absolute Gasteiger partial charge is 0.339 e. The number of nitrogens with one attached hydrogen (secondary N) is 1. The number of likely N-dealkylation sites (tertiary alicyclic amines) is 1. The lowest BCUT2D eigenvalue weighted by Crippen LogP contribution is -2.38. The van der Waals surface area contributed by atoms with Gasteiger partial charge in [0.1, 0.15) is 11.6 Å². The van der Waals surface area contributed by atoms with Crippen LogP contribution in [0, 0.1) is 5.82 Å². The summed E-state index contributed by atoms with van der Waals surface area (Å²) in [6, 6.07) is 4.05. The standard InChI is InChI=1S/C16H18ClFN4O/c1-2-14-19-15(21-20-14)10-5-7-22(8-6-10)16(23)12-9-11(17)3-4-13(12)18/h3-4,9-10H,2,5-8H2,1H3,(H,19,20,21). The second-order valence-electron chi connectivity index (χ2n) is 5.68. The number of aromatic nitrogens is 3. The van der Waals surface area contributed by atoms with Crippen LogP contribution in [0.5, 0.6) is 0 Å². The van der Waals surface area contributed by atoms with E-state index in [9.17, 15) is 9.18 Å². The van der Waals surface area contributed by atoms with Crippen LogP contribution in [0.15, 0.2) is 18.2 Å². The van der Waals surface area contributed by atoms with Gasteiger partial charge in [-0.3, -0.25) is 9.89 Å². The Hall–Kier alpha value is -1.95. The van der Waals surface area contributed by atoms with Gasteiger partial charge in [-0.05, 0) is 31.0 Å². The van der Waals surface area contributed by atoms with E-state index in [4.69, 9.17) is 11.6 Å². The van der Waals surface area contributed by atoms with E-state index in [1.54, 1.807) is 4.90 Å². The molecule has 1 N–H and O–H groups in total. The minimum atomic E-state index is -0.539. The number of H-pyrrole nitrogens is 1. The number of piperidine rings is 1. The van der Waals surface area contributed by atoms with Crippen molar-refractivity contribution in [3.63, 3.8) is 0 Å². The van der Waals surface area contributed by atoms with Gasteiger partial charge in [-0.25, -0.2) is 9.37 Å². The van der Waals surface area contributed by atoms with Gasteiger partial charge in [-0.15, -0.1) is 0 Å². The van der Waals surface area contributed by atoms with Gasteiger partial charge in [-0.1, -0.05) is 18.5 Å². The Balaban J connectivity index is 1.66. The molecule has 1 aromatic carbocycles. The summed E-state index contributed by atoms with van der Waals surface area (Å²) in [6.45, 7) is 3.14. The van der Waals surface area contributed by atoms with Crippen LogP contribution < -0.4 is 0 Å². The molecule has 0 unspecified atom stereocenters. The second kappa shape index (κ2) is 6.66. The molecule has 0 bridgehead atoms. The van der Waals surface area contributed by atoms with Gasteiger partial charge in [0.15, 0.2) is 5.82 Å². The highest BCUT2D eigenvalue weighted by molar-refractivity contribution is 6.31. The Morgan fingerprint density at radius 3 is 2.83 bits per heavy atom. The van der Waals surface area contributed by atoms with E-state index in [2.05, 4.69) is 15.2 Å². The molecule has 23 heavy (non-hydrogen) atoms. The summed E-state index contributed by atoms with van der Waals surface area (Å²) in [5.41, 5.74) is 0.0297. The zero-order valence-corrected chi connectivity index (χ0v) is 13.6. The molecular formula is C16H18ClFN4O. The third kappa shape index (κ3) is 3.37. The smallest absolute Gasteiger partial charge is 0.256 e. The quantitative estimate of drug-likeness (QED) is 0.936. The summed E-state index contributed by atoms with van der Waals surface area (Å²) in [7, 11) is 0. The maximum absolute atomic E-state index is 13.8. The molecular weight excluding hydrogens is 319 g/mol. The van der Waals surface area contributed by atoms with Gasteiger partial charge in [0, 0.05) is 30.5 Å². The monoisotopic (exact) mass is 336 g/mol. The highest BCUT2D eigenvalue weighted by Gasteiger charge is 2.28. The molecule has 122 valence electrons. The van der Waals surface area contributed by atoms with E-state index < -0.39 is 5.82 Å². The molecule has 7 heteroatoms. The van der Waals surface area contributed by atoms with E-state index >= 15 is 0 Å². The Morgan fingerprint density at radius 1 is 1.43 bits per heavy atom. The maximum Gasteiger partial charge on any atom is 0.256 e. The van der Waals surface area contributed by atoms with Crippen molar-refractivity contribution in [3.8, 4) is 0 Å². The predicted octanol–water partition coefficient (Wildman–Crippen LogP) is 3.18. The van der Waals surface area contributed by atoms with Crippen molar-refractivity contribution >= 4 is 17.5 Å². The molecule has 0 saturated carbocycles. The third-order valence-corrected chi connectivity index (χ3v) is 4.43. The number of benzene rings is 1. The fourth-order valence-corrected chi connectivity index (χ4v) is 3.00. The second-order valence-corrected chi connectivity index (χ2v) is 6.12. The first-order valence-electron chi connectivity index (χ1n) is 7.74. The SMILES string of the molecule is CCc1nc(C2CCN(C(=O)c3cc(Cl)ccc3F)CC2)n[nH]1. The van der Waals surface area contributed by atoms with Crippen molar-refractivity contribution in [1.82, 2.24) is 20.1 Å². The van der Waals surface area contributed by atoms with Gasteiger partial charge in [-0.2, -0.15) is 5.10 Å². The van der Waals surface area contributed by atoms with E-state index in [1.807, 2.05) is 6.92 Å². The average molecular weight is 337 g/mol. The maximum atomic E-state index is 13.8. The van der Waals surface area contributed by atoms with Crippen molar-refractivity contribution in [3.05, 3.63) is 46.3 Å². The van der Waals surface area contributed by atoms with Gasteiger partial charge in [0.2, 0.25) is 0 Å². The molecule has 0 aliphatic carbocycles. The van der Waals surface area contributed by atoms with Crippen molar-refractivity contribution in [2.45, 2.75) is 32.1 Å². The minimum absolute atomic E-state index is 0.0297. The van der Waals surface area contributed by atoms with Crippen molar-refractivity contribution in [2.75, 3.05) is 13.1 Å². The predicted molar refractivity (Wildman–Crippen MR) is 85.0 cm³/mol. The summed E-state index contributed by atoms with van der Waals surface area (Å²) >= 11 is 5.86. The summed E-state index contributed by atoms with van der Waals surface area (Å²) in [5, 5.41) is 7.53. The van der Waals surface area contributed by atoms with E-state index in [0.717, 1.165) is 30.9 Å². The molecule has 1 aliphatic heterocycles. The molecule has 5 nitrogen and oxygen atoms in total. The molecule has 2 aromatic rings. The first kappa shape index (κ1) is 15.9. The number of carbonyl (C=O) groups excluding carboxylic acids is 1. The molecule has 1 aliphatic rings. The lowest BCUT2D eigenvalue weighted by atomic mass is 9.95. The van der Waals surface area contributed by atoms with Crippen LogP contribution in [0.3, 0.4) is 0 Å². The highest BCUT2D eigenvalue weighted by atomic mass is 35.5. The zero-order valence-electron chi connectivity index (χ0n) is 12.9. The van der Waals surface area contributed by atoms with E-state index in [-0.39, 0.29) is 17.4 Å². The fourth-order valence-electron chi connectivity index (χ4n) is 2.82. The van der Waals surface area contributed by atoms with Gasteiger partial charge in [0.05, 0.1) is 5.56 Å². The van der Waals surface area contributed by atoms with Crippen LogP contribution in [-0.4, -0.2) is 39.1 Å². The number of hydrogen-bond acceptors (Lipinski definition) is 3. The summed E-state index contributed by atoms with van der Waals surface area (Å²) in [6.07, 6.45) is 2.36. The number of amides is 1. The molecule has 2 heterocycles. The highest BCUT2D eigenvalue weighted by Crippen LogP contribution is 2.27. The topological polar surface area (TPSA) is 61.9 Å². The first-order chi connectivity index (χ1) is 11.1. The lowest BCUT2D eigenvalue weighted by Gasteiger charge is -2.31. The number of rotatable bonds is 3. The Morgan fingerprint density at radius 2 is 2.17 bits per heavy atom. The van der Waals surface area contributed by atoms with Gasteiger partial charge >= 0.3 is 0 Å². The molecule has 1 aromatic heterocycles. The Labute approximate surface area is 138 Å². The molecule has 1 amide bonds. The van der Waals surface area contributed by atoms with Crippen LogP contribution >= 0.6 is 11.6 Å². The fraction of sp³-hybridized carbons (Fsp3) is 0.438. The number of halogens is 2. The Kier molecular flexibility index (Phi) is 4.61. The van der Waals surface area contributed by atoms with Crippen molar-refractivity contribution in [2.24, 2.45) is 0 Å². The number of nitrogens with zero attached hydrogens (tertiary/aromatic N) is 3. The van der Waals surface area contributed by atoms with Crippen LogP contribution in [0.4, 0.5) is 4.39 Å². The van der Waals surface area contributed by atoms with Crippen LogP contribution in [-0.2, 0) is 6.42 Å². The molecule has 0 radical (unpaired) electrons. The molecule has 0 atom stereocenters. The van der Waals surface area contributed by atoms with Crippen molar-refractivity contribution in [1.29, 1.82) is 0 Å². The van der Waals surface area contributed by atoms with Crippen molar-refractivity contribution < 1.29 is 9.18 Å². The summed E-state index contributed by atoms with van der Waals surface area (Å²) in [5.74, 6) is 1.07. The van der Waals surface area contributed by atoms with Crippen LogP contribution in [0.1, 0.15) is 47.7 Å². The third-order valence-electron chi connectivity index (χ3n) is 4.19. The van der Waals surface area contributed by atoms with Gasteiger partial charge < -0.3 is 4.90 Å². The minimum Gasteiger partial charge on any atom is -0.339 e. The Bertz CT molecular complexity index is 710. The van der Waals surface area contributed by atoms with Crippen LogP contribution in [0.2, 0.25) is 5.02 Å². The molecule has 1 fully saturated rings. The molecule has 1 saturated heterocycles. The zero-order chi connectivity index (χ0) is 16.4. The van der Waals surface area contributed by atoms with Crippen LogP contribution in [0.25, 0.3) is 0 Å². The molecule has 0 spiro atoms. The number of aryl methyl sites for hydroxylation is 1. The normalized spacial score (nSPS) is 15.9.